The molecule has 0 atom stereocenters. The minimum Gasteiger partial charge on any atom is -0.381 e. The van der Waals surface area contributed by atoms with Gasteiger partial charge in [-0.05, 0) is 25.0 Å². The second kappa shape index (κ2) is 10.4. The van der Waals surface area contributed by atoms with E-state index in [0.717, 1.165) is 42.9 Å². The smallest absolute Gasteiger partial charge is 0.107 e. The first-order chi connectivity index (χ1) is 10.9. The highest BCUT2D eigenvalue weighted by Crippen LogP contribution is 2.11. The zero-order valence-electron chi connectivity index (χ0n) is 13.9. The van der Waals surface area contributed by atoms with Crippen molar-refractivity contribution in [3.63, 3.8) is 0 Å². The third-order valence-corrected chi connectivity index (χ3v) is 4.03. The quantitative estimate of drug-likeness (QED) is 0.543. The van der Waals surface area contributed by atoms with E-state index in [4.69, 9.17) is 4.74 Å². The molecule has 0 aliphatic rings. The van der Waals surface area contributed by atoms with E-state index in [0.29, 0.717) is 0 Å². The lowest BCUT2D eigenvalue weighted by atomic mass is 10.1. The number of hydrogen-bond acceptors (Lipinski definition) is 2. The van der Waals surface area contributed by atoms with Crippen LogP contribution in [0.15, 0.2) is 24.3 Å². The minimum atomic E-state index is 0.840. The van der Waals surface area contributed by atoms with Gasteiger partial charge in [0.25, 0.3) is 0 Å². The first-order valence-corrected chi connectivity index (χ1v) is 8.91. The number of aromatic nitrogens is 2. The van der Waals surface area contributed by atoms with E-state index in [1.807, 2.05) is 18.2 Å². The van der Waals surface area contributed by atoms with Crippen LogP contribution in [0.25, 0.3) is 11.0 Å². The normalized spacial score (nSPS) is 11.3. The number of benzene rings is 1. The number of hydrogen-bond donors (Lipinski definition) is 1. The summed E-state index contributed by atoms with van der Waals surface area (Å²) >= 11 is 0. The standard InChI is InChI=1S/C19H30N2O/c1-2-3-4-5-6-7-10-15-22-16-11-14-19-20-17-12-8-9-13-18(17)21-19/h8-9,12-13H,2-7,10-11,14-16H2,1H3,(H,20,21). The molecule has 2 aromatic rings. The number of nitrogens with one attached hydrogen (secondary N) is 1. The van der Waals surface area contributed by atoms with Crippen LogP contribution in [0.3, 0.4) is 0 Å². The predicted molar refractivity (Wildman–Crippen MR) is 93.2 cm³/mol. The van der Waals surface area contributed by atoms with Crippen LogP contribution in [0.1, 0.15) is 64.1 Å². The lowest BCUT2D eigenvalue weighted by Gasteiger charge is -2.04. The third kappa shape index (κ3) is 6.18. The molecular formula is C19H30N2O. The summed E-state index contributed by atoms with van der Waals surface area (Å²) in [6.07, 6.45) is 11.4. The summed E-state index contributed by atoms with van der Waals surface area (Å²) in [7, 11) is 0. The lowest BCUT2D eigenvalue weighted by molar-refractivity contribution is 0.127. The Bertz CT molecular complexity index is 488. The third-order valence-electron chi connectivity index (χ3n) is 4.03. The Morgan fingerprint density at radius 2 is 1.64 bits per heavy atom. The number of imidazole rings is 1. The van der Waals surface area contributed by atoms with Gasteiger partial charge in [-0.15, -0.1) is 0 Å². The summed E-state index contributed by atoms with van der Waals surface area (Å²) in [6.45, 7) is 4.01. The first kappa shape index (κ1) is 17.0. The molecule has 0 saturated carbocycles. The van der Waals surface area contributed by atoms with Crippen LogP contribution in [-0.2, 0) is 11.2 Å². The van der Waals surface area contributed by atoms with E-state index in [1.54, 1.807) is 0 Å². The molecule has 1 heterocycles. The molecule has 122 valence electrons. The molecule has 1 N–H and O–H groups in total. The van der Waals surface area contributed by atoms with E-state index in [9.17, 15) is 0 Å². The largest absolute Gasteiger partial charge is 0.381 e. The van der Waals surface area contributed by atoms with E-state index < -0.39 is 0 Å². The summed E-state index contributed by atoms with van der Waals surface area (Å²) in [5.41, 5.74) is 2.18. The summed E-state index contributed by atoms with van der Waals surface area (Å²) in [4.78, 5) is 7.95. The zero-order chi connectivity index (χ0) is 15.5. The predicted octanol–water partition coefficient (Wildman–Crippen LogP) is 5.26. The number of nitrogens with zero attached hydrogens (tertiary/aromatic N) is 1. The van der Waals surface area contributed by atoms with E-state index >= 15 is 0 Å². The lowest BCUT2D eigenvalue weighted by Crippen LogP contribution is -1.99. The Hall–Kier alpha value is -1.35. The maximum absolute atomic E-state index is 5.72. The number of aromatic amines is 1. The number of H-pyrrole nitrogens is 1. The molecule has 0 amide bonds. The topological polar surface area (TPSA) is 37.9 Å². The van der Waals surface area contributed by atoms with Crippen molar-refractivity contribution in [2.75, 3.05) is 13.2 Å². The Morgan fingerprint density at radius 3 is 2.45 bits per heavy atom. The molecule has 0 unspecified atom stereocenters. The van der Waals surface area contributed by atoms with Crippen molar-refractivity contribution in [3.8, 4) is 0 Å². The van der Waals surface area contributed by atoms with Gasteiger partial charge in [0.2, 0.25) is 0 Å². The SMILES string of the molecule is CCCCCCCCCOCCCc1nc2ccccc2[nH]1. The number of fused-ring (bicyclic) bond motifs is 1. The first-order valence-electron chi connectivity index (χ1n) is 8.91. The van der Waals surface area contributed by atoms with Gasteiger partial charge in [-0.3, -0.25) is 0 Å². The Labute approximate surface area is 134 Å². The molecule has 0 aliphatic carbocycles. The zero-order valence-corrected chi connectivity index (χ0v) is 13.9. The fourth-order valence-corrected chi connectivity index (χ4v) is 2.73. The maximum Gasteiger partial charge on any atom is 0.107 e. The second-order valence-electron chi connectivity index (χ2n) is 6.04. The van der Waals surface area contributed by atoms with E-state index in [-0.39, 0.29) is 0 Å². The Kier molecular flexibility index (Phi) is 8.03. The number of para-hydroxylation sites is 2. The van der Waals surface area contributed by atoms with Crippen molar-refractivity contribution >= 4 is 11.0 Å². The van der Waals surface area contributed by atoms with Crippen LogP contribution in [-0.4, -0.2) is 23.2 Å². The van der Waals surface area contributed by atoms with Crippen molar-refractivity contribution in [1.29, 1.82) is 0 Å². The Morgan fingerprint density at radius 1 is 0.909 bits per heavy atom. The average molecular weight is 302 g/mol. The fourth-order valence-electron chi connectivity index (χ4n) is 2.73. The molecular weight excluding hydrogens is 272 g/mol. The highest BCUT2D eigenvalue weighted by Gasteiger charge is 2.01. The van der Waals surface area contributed by atoms with Crippen LogP contribution in [0, 0.1) is 0 Å². The van der Waals surface area contributed by atoms with Crippen molar-refractivity contribution in [1.82, 2.24) is 9.97 Å². The van der Waals surface area contributed by atoms with Crippen LogP contribution in [0.2, 0.25) is 0 Å². The summed E-state index contributed by atoms with van der Waals surface area (Å²) in [6, 6.07) is 8.18. The highest BCUT2D eigenvalue weighted by molar-refractivity contribution is 5.74. The van der Waals surface area contributed by atoms with Crippen molar-refractivity contribution in [2.24, 2.45) is 0 Å². The van der Waals surface area contributed by atoms with Gasteiger partial charge in [0.1, 0.15) is 5.82 Å². The molecule has 1 aromatic heterocycles. The highest BCUT2D eigenvalue weighted by atomic mass is 16.5. The van der Waals surface area contributed by atoms with Crippen molar-refractivity contribution in [3.05, 3.63) is 30.1 Å². The molecule has 0 bridgehead atoms. The van der Waals surface area contributed by atoms with Crippen molar-refractivity contribution in [2.45, 2.75) is 64.7 Å². The number of unbranched alkanes of at least 4 members (excludes halogenated alkanes) is 6. The molecule has 3 nitrogen and oxygen atoms in total. The van der Waals surface area contributed by atoms with Gasteiger partial charge >= 0.3 is 0 Å². The van der Waals surface area contributed by atoms with E-state index in [2.05, 4.69) is 23.0 Å². The number of aryl methyl sites for hydroxylation is 1. The summed E-state index contributed by atoms with van der Waals surface area (Å²) < 4.78 is 5.72. The average Bonchev–Trinajstić information content (AvgIpc) is 2.95. The van der Waals surface area contributed by atoms with Gasteiger partial charge < -0.3 is 9.72 Å². The minimum absolute atomic E-state index is 0.840. The van der Waals surface area contributed by atoms with Gasteiger partial charge in [0.05, 0.1) is 11.0 Å². The summed E-state index contributed by atoms with van der Waals surface area (Å²) in [5.74, 6) is 1.07. The van der Waals surface area contributed by atoms with Crippen LogP contribution < -0.4 is 0 Å². The van der Waals surface area contributed by atoms with Crippen LogP contribution in [0.4, 0.5) is 0 Å². The molecule has 2 rings (SSSR count). The molecule has 0 radical (unpaired) electrons. The number of ether oxygens (including phenoxy) is 1. The molecule has 0 fully saturated rings. The molecule has 1 aromatic carbocycles. The monoisotopic (exact) mass is 302 g/mol. The van der Waals surface area contributed by atoms with Gasteiger partial charge in [-0.25, -0.2) is 4.98 Å². The maximum atomic E-state index is 5.72. The Balaban J connectivity index is 1.46. The summed E-state index contributed by atoms with van der Waals surface area (Å²) in [5, 5.41) is 0. The van der Waals surface area contributed by atoms with Crippen LogP contribution >= 0.6 is 0 Å². The molecule has 3 heteroatoms. The van der Waals surface area contributed by atoms with Gasteiger partial charge in [-0.2, -0.15) is 0 Å². The van der Waals surface area contributed by atoms with Gasteiger partial charge in [-0.1, -0.05) is 57.6 Å². The van der Waals surface area contributed by atoms with Crippen molar-refractivity contribution < 1.29 is 4.74 Å². The van der Waals surface area contributed by atoms with Gasteiger partial charge in [0, 0.05) is 19.6 Å². The molecule has 0 aliphatic heterocycles. The van der Waals surface area contributed by atoms with Crippen LogP contribution in [0.5, 0.6) is 0 Å². The fraction of sp³-hybridized carbons (Fsp3) is 0.632. The van der Waals surface area contributed by atoms with Gasteiger partial charge in [0.15, 0.2) is 0 Å². The second-order valence-corrected chi connectivity index (χ2v) is 6.04. The molecule has 22 heavy (non-hydrogen) atoms. The number of rotatable bonds is 12. The van der Waals surface area contributed by atoms with E-state index in [1.165, 1.54) is 44.9 Å². The molecule has 0 spiro atoms. The molecule has 0 saturated heterocycles.